The van der Waals surface area contributed by atoms with Gasteiger partial charge in [-0.05, 0) is 39.5 Å². The molecule has 4 heteroatoms. The van der Waals surface area contributed by atoms with E-state index in [-0.39, 0.29) is 5.69 Å². The van der Waals surface area contributed by atoms with Crippen molar-refractivity contribution in [2.45, 2.75) is 19.8 Å². The summed E-state index contributed by atoms with van der Waals surface area (Å²) in [5.41, 5.74) is 7.24. The number of benzene rings is 2. The molecule has 0 aliphatic carbocycles. The van der Waals surface area contributed by atoms with E-state index in [1.54, 1.807) is 0 Å². The van der Waals surface area contributed by atoms with Crippen molar-refractivity contribution in [1.29, 1.82) is 0 Å². The zero-order valence-corrected chi connectivity index (χ0v) is 12.4. The molecular formula is C15H15BrFNO. The summed E-state index contributed by atoms with van der Waals surface area (Å²) in [6.07, 6.45) is 0. The van der Waals surface area contributed by atoms with Crippen LogP contribution in [-0.2, 0) is 0 Å². The molecule has 2 aromatic carbocycles. The number of hydrogen-bond acceptors (Lipinski definition) is 2. The van der Waals surface area contributed by atoms with Crippen LogP contribution in [0.15, 0.2) is 40.9 Å². The largest absolute Gasteiger partial charge is 0.455 e. The lowest BCUT2D eigenvalue weighted by atomic mass is 10.0. The van der Waals surface area contributed by atoms with Gasteiger partial charge in [-0.25, -0.2) is 4.39 Å². The van der Waals surface area contributed by atoms with Crippen LogP contribution in [0.2, 0.25) is 0 Å². The summed E-state index contributed by atoms with van der Waals surface area (Å²) in [7, 11) is 0. The van der Waals surface area contributed by atoms with Crippen LogP contribution in [0.3, 0.4) is 0 Å². The van der Waals surface area contributed by atoms with Gasteiger partial charge in [0.1, 0.15) is 11.6 Å². The molecule has 0 unspecified atom stereocenters. The Bertz CT molecular complexity index is 581. The monoisotopic (exact) mass is 323 g/mol. The average Bonchev–Trinajstić information content (AvgIpc) is 2.36. The standard InChI is InChI=1S/C15H15BrFNO/c1-9(2)10-3-5-11(6-4-10)19-15-7-12(16)13(17)8-14(15)18/h3-9H,18H2,1-2H3. The minimum absolute atomic E-state index is 0.272. The third-order valence-corrected chi connectivity index (χ3v) is 3.43. The first-order valence-corrected chi connectivity index (χ1v) is 6.79. The highest BCUT2D eigenvalue weighted by Gasteiger charge is 2.08. The highest BCUT2D eigenvalue weighted by molar-refractivity contribution is 9.10. The fourth-order valence-corrected chi connectivity index (χ4v) is 2.00. The van der Waals surface area contributed by atoms with Crippen molar-refractivity contribution in [3.05, 3.63) is 52.3 Å². The summed E-state index contributed by atoms with van der Waals surface area (Å²) in [5, 5.41) is 0. The molecular weight excluding hydrogens is 309 g/mol. The van der Waals surface area contributed by atoms with Crippen molar-refractivity contribution in [2.75, 3.05) is 5.73 Å². The van der Waals surface area contributed by atoms with Crippen molar-refractivity contribution in [3.63, 3.8) is 0 Å². The van der Waals surface area contributed by atoms with Gasteiger partial charge in [-0.15, -0.1) is 0 Å². The molecule has 0 saturated carbocycles. The molecule has 0 atom stereocenters. The summed E-state index contributed by atoms with van der Waals surface area (Å²) < 4.78 is 19.2. The lowest BCUT2D eigenvalue weighted by Gasteiger charge is -2.11. The molecule has 0 fully saturated rings. The minimum atomic E-state index is -0.403. The van der Waals surface area contributed by atoms with Crippen LogP contribution < -0.4 is 10.5 Å². The summed E-state index contributed by atoms with van der Waals surface area (Å²) in [6, 6.07) is 10.5. The van der Waals surface area contributed by atoms with Crippen LogP contribution in [0.25, 0.3) is 0 Å². The zero-order valence-electron chi connectivity index (χ0n) is 10.8. The van der Waals surface area contributed by atoms with E-state index in [1.165, 1.54) is 17.7 Å². The third-order valence-electron chi connectivity index (χ3n) is 2.83. The van der Waals surface area contributed by atoms with Crippen LogP contribution in [0.5, 0.6) is 11.5 Å². The molecule has 0 amide bonds. The molecule has 0 radical (unpaired) electrons. The Labute approximate surface area is 120 Å². The third kappa shape index (κ3) is 3.26. The number of nitrogens with two attached hydrogens (primary N) is 1. The van der Waals surface area contributed by atoms with E-state index in [0.29, 0.717) is 21.9 Å². The van der Waals surface area contributed by atoms with Crippen molar-refractivity contribution in [1.82, 2.24) is 0 Å². The van der Waals surface area contributed by atoms with Gasteiger partial charge in [-0.1, -0.05) is 26.0 Å². The topological polar surface area (TPSA) is 35.2 Å². The molecule has 0 bridgehead atoms. The normalized spacial score (nSPS) is 10.8. The van der Waals surface area contributed by atoms with Gasteiger partial charge in [-0.2, -0.15) is 0 Å². The van der Waals surface area contributed by atoms with Crippen molar-refractivity contribution < 1.29 is 9.13 Å². The molecule has 2 aromatic rings. The van der Waals surface area contributed by atoms with Gasteiger partial charge in [0.25, 0.3) is 0 Å². The van der Waals surface area contributed by atoms with Gasteiger partial charge in [0, 0.05) is 12.1 Å². The second-order valence-corrected chi connectivity index (χ2v) is 5.48. The number of rotatable bonds is 3. The maximum absolute atomic E-state index is 13.3. The van der Waals surface area contributed by atoms with E-state index in [2.05, 4.69) is 29.8 Å². The van der Waals surface area contributed by atoms with Gasteiger partial charge >= 0.3 is 0 Å². The van der Waals surface area contributed by atoms with E-state index in [0.717, 1.165) is 0 Å². The van der Waals surface area contributed by atoms with Gasteiger partial charge in [0.05, 0.1) is 10.2 Å². The second-order valence-electron chi connectivity index (χ2n) is 4.63. The molecule has 0 heterocycles. The minimum Gasteiger partial charge on any atom is -0.455 e. The van der Waals surface area contributed by atoms with E-state index in [1.807, 2.05) is 24.3 Å². The Kier molecular flexibility index (Phi) is 4.10. The zero-order chi connectivity index (χ0) is 14.0. The molecule has 0 spiro atoms. The van der Waals surface area contributed by atoms with Crippen LogP contribution in [0, 0.1) is 5.82 Å². The number of halogens is 2. The fraction of sp³-hybridized carbons (Fsp3) is 0.200. The SMILES string of the molecule is CC(C)c1ccc(Oc2cc(Br)c(F)cc2N)cc1. The lowest BCUT2D eigenvalue weighted by molar-refractivity contribution is 0.482. The molecule has 0 aliphatic heterocycles. The average molecular weight is 324 g/mol. The highest BCUT2D eigenvalue weighted by Crippen LogP contribution is 2.32. The molecule has 2 nitrogen and oxygen atoms in total. The first-order valence-electron chi connectivity index (χ1n) is 5.99. The van der Waals surface area contributed by atoms with Gasteiger partial charge in [0.15, 0.2) is 5.75 Å². The van der Waals surface area contributed by atoms with Crippen molar-refractivity contribution in [2.24, 2.45) is 0 Å². The maximum atomic E-state index is 13.3. The molecule has 0 aliphatic rings. The summed E-state index contributed by atoms with van der Waals surface area (Å²) >= 11 is 3.11. The van der Waals surface area contributed by atoms with Crippen LogP contribution in [0.1, 0.15) is 25.3 Å². The summed E-state index contributed by atoms with van der Waals surface area (Å²) in [6.45, 7) is 4.26. The molecule has 2 N–H and O–H groups in total. The van der Waals surface area contributed by atoms with E-state index < -0.39 is 5.82 Å². The number of hydrogen-bond donors (Lipinski definition) is 1. The van der Waals surface area contributed by atoms with Crippen molar-refractivity contribution in [3.8, 4) is 11.5 Å². The Morgan fingerprint density at radius 1 is 1.16 bits per heavy atom. The number of nitrogen functional groups attached to an aromatic ring is 1. The van der Waals surface area contributed by atoms with Crippen LogP contribution in [0.4, 0.5) is 10.1 Å². The number of anilines is 1. The summed E-state index contributed by atoms with van der Waals surface area (Å²) in [4.78, 5) is 0. The van der Waals surface area contributed by atoms with Gasteiger partial charge in [-0.3, -0.25) is 0 Å². The quantitative estimate of drug-likeness (QED) is 0.799. The van der Waals surface area contributed by atoms with Gasteiger partial charge < -0.3 is 10.5 Å². The van der Waals surface area contributed by atoms with E-state index in [9.17, 15) is 4.39 Å². The fourth-order valence-electron chi connectivity index (χ4n) is 1.68. The Morgan fingerprint density at radius 3 is 2.37 bits per heavy atom. The smallest absolute Gasteiger partial charge is 0.151 e. The molecule has 19 heavy (non-hydrogen) atoms. The van der Waals surface area contributed by atoms with E-state index in [4.69, 9.17) is 10.5 Å². The number of ether oxygens (including phenoxy) is 1. The Hall–Kier alpha value is -1.55. The van der Waals surface area contributed by atoms with Crippen LogP contribution >= 0.6 is 15.9 Å². The van der Waals surface area contributed by atoms with Crippen LogP contribution in [-0.4, -0.2) is 0 Å². The predicted molar refractivity (Wildman–Crippen MR) is 79.1 cm³/mol. The summed E-state index contributed by atoms with van der Waals surface area (Å²) in [5.74, 6) is 1.18. The highest BCUT2D eigenvalue weighted by atomic mass is 79.9. The predicted octanol–water partition coefficient (Wildman–Crippen LogP) is 5.09. The molecule has 2 rings (SSSR count). The first-order chi connectivity index (χ1) is 8.97. The Morgan fingerprint density at radius 2 is 1.79 bits per heavy atom. The molecule has 0 saturated heterocycles. The van der Waals surface area contributed by atoms with Gasteiger partial charge in [0.2, 0.25) is 0 Å². The Balaban J connectivity index is 2.24. The molecule has 100 valence electrons. The van der Waals surface area contributed by atoms with E-state index >= 15 is 0 Å². The molecule has 0 aromatic heterocycles. The second kappa shape index (κ2) is 5.61. The van der Waals surface area contributed by atoms with Crippen molar-refractivity contribution >= 4 is 21.6 Å². The lowest BCUT2D eigenvalue weighted by Crippen LogP contribution is -1.94. The maximum Gasteiger partial charge on any atom is 0.151 e. The first kappa shape index (κ1) is 13.9.